The highest BCUT2D eigenvalue weighted by Crippen LogP contribution is 2.19. The average molecular weight is 479 g/mol. The number of carbonyl (C=O) groups excluding carboxylic acids is 2. The van der Waals surface area contributed by atoms with Crippen LogP contribution in [0.4, 0.5) is 0 Å². The van der Waals surface area contributed by atoms with Gasteiger partial charge in [0.05, 0.1) is 31.7 Å². The summed E-state index contributed by atoms with van der Waals surface area (Å²) in [4.78, 5) is 24.3. The number of hydrogen-bond donors (Lipinski definition) is 1. The first-order valence-electron chi connectivity index (χ1n) is 12.6. The molecule has 8 heteroatoms. The van der Waals surface area contributed by atoms with Crippen molar-refractivity contribution in [2.45, 2.75) is 128 Å². The highest BCUT2D eigenvalue weighted by Gasteiger charge is 2.26. The third-order valence-corrected chi connectivity index (χ3v) is 6.03. The molecule has 0 aliphatic rings. The van der Waals surface area contributed by atoms with Crippen LogP contribution in [-0.2, 0) is 28.4 Å². The molecule has 0 heterocycles. The second-order valence-corrected chi connectivity index (χ2v) is 9.17. The minimum Gasteiger partial charge on any atom is -0.466 e. The maximum atomic E-state index is 12.2. The van der Waals surface area contributed by atoms with Crippen LogP contribution in [0, 0.1) is 0 Å². The summed E-state index contributed by atoms with van der Waals surface area (Å²) in [6.07, 6.45) is 18.4. The number of carbonyl (C=O) groups is 2. The van der Waals surface area contributed by atoms with Crippen LogP contribution < -0.4 is 0 Å². The van der Waals surface area contributed by atoms with Crippen LogP contribution >= 0.6 is 12.0 Å². The van der Waals surface area contributed by atoms with Crippen LogP contribution in [0.2, 0.25) is 0 Å². The van der Waals surface area contributed by atoms with Gasteiger partial charge >= 0.3 is 11.9 Å². The van der Waals surface area contributed by atoms with Gasteiger partial charge in [0.25, 0.3) is 0 Å². The monoisotopic (exact) mass is 478 g/mol. The lowest BCUT2D eigenvalue weighted by Crippen LogP contribution is -2.25. The van der Waals surface area contributed by atoms with E-state index < -0.39 is 17.2 Å². The minimum absolute atomic E-state index is 0.193. The minimum atomic E-state index is -0.942. The van der Waals surface area contributed by atoms with Crippen LogP contribution in [0.5, 0.6) is 0 Å². The molecule has 0 aromatic heterocycles. The van der Waals surface area contributed by atoms with Crippen LogP contribution in [0.3, 0.4) is 0 Å². The Morgan fingerprint density at radius 1 is 0.688 bits per heavy atom. The molecule has 32 heavy (non-hydrogen) atoms. The largest absolute Gasteiger partial charge is 0.466 e. The van der Waals surface area contributed by atoms with Crippen LogP contribution in [0.1, 0.15) is 123 Å². The molecule has 1 unspecified atom stereocenters. The Kier molecular flexibility index (Phi) is 24.2. The Labute approximate surface area is 199 Å². The molecule has 0 aliphatic heterocycles. The molecule has 0 aliphatic carbocycles. The van der Waals surface area contributed by atoms with Gasteiger partial charge in [0.1, 0.15) is 5.25 Å². The molecule has 1 N–H and O–H groups in total. The molecule has 0 fully saturated rings. The second-order valence-electron chi connectivity index (χ2n) is 8.27. The van der Waals surface area contributed by atoms with E-state index in [1.54, 1.807) is 0 Å². The molecule has 0 saturated carbocycles. The molecule has 0 rings (SSSR count). The van der Waals surface area contributed by atoms with Gasteiger partial charge in [-0.1, -0.05) is 109 Å². The first-order chi connectivity index (χ1) is 15.7. The third kappa shape index (κ3) is 21.0. The Hall–Kier alpha value is -0.830. The molecule has 1 atom stereocenters. The maximum absolute atomic E-state index is 12.2. The molecular formula is C24H46O7S. The van der Waals surface area contributed by atoms with E-state index in [1.165, 1.54) is 64.2 Å². The standard InChI is InChI=1S/C24H46O7S/c1-3-5-7-9-11-12-13-14-16-17-19-28-23(25)21-22(32-31-30-27)24(26)29-20-18-15-10-8-6-4-2/h22,27H,3-21H2,1-2H3. The predicted octanol–water partition coefficient (Wildman–Crippen LogP) is 7.18. The molecule has 0 bridgehead atoms. The molecule has 0 amide bonds. The number of ether oxygens (including phenoxy) is 2. The van der Waals surface area contributed by atoms with Gasteiger partial charge in [-0.2, -0.15) is 0 Å². The lowest BCUT2D eigenvalue weighted by atomic mass is 10.1. The third-order valence-electron chi connectivity index (χ3n) is 5.30. The Morgan fingerprint density at radius 3 is 1.59 bits per heavy atom. The van der Waals surface area contributed by atoms with Gasteiger partial charge < -0.3 is 9.47 Å². The molecule has 0 radical (unpaired) electrons. The Morgan fingerprint density at radius 2 is 1.12 bits per heavy atom. The fourth-order valence-electron chi connectivity index (χ4n) is 3.36. The van der Waals surface area contributed by atoms with Crippen molar-refractivity contribution in [2.24, 2.45) is 0 Å². The summed E-state index contributed by atoms with van der Waals surface area (Å²) in [6, 6.07) is 0. The molecule has 0 saturated heterocycles. The van der Waals surface area contributed by atoms with Crippen molar-refractivity contribution in [1.29, 1.82) is 0 Å². The van der Waals surface area contributed by atoms with Crippen LogP contribution in [0.15, 0.2) is 0 Å². The van der Waals surface area contributed by atoms with Crippen LogP contribution in [-0.4, -0.2) is 35.7 Å². The number of hydrogen-bond acceptors (Lipinski definition) is 8. The first kappa shape index (κ1) is 31.2. The number of unbranched alkanes of at least 4 members (excludes halogenated alkanes) is 14. The zero-order valence-corrected chi connectivity index (χ0v) is 21.1. The Bertz CT molecular complexity index is 435. The highest BCUT2D eigenvalue weighted by molar-refractivity contribution is 7.95. The fraction of sp³-hybridized carbons (Fsp3) is 0.917. The predicted molar refractivity (Wildman–Crippen MR) is 128 cm³/mol. The molecule has 0 aromatic rings. The van der Waals surface area contributed by atoms with Crippen molar-refractivity contribution in [2.75, 3.05) is 13.2 Å². The summed E-state index contributed by atoms with van der Waals surface area (Å²) in [5.74, 6) is -1.06. The SMILES string of the molecule is CCCCCCCCCCCCOC(=O)CC(SOOO)C(=O)OCCCCCCCC. The van der Waals surface area contributed by atoms with E-state index in [-0.39, 0.29) is 6.42 Å². The van der Waals surface area contributed by atoms with E-state index in [1.807, 2.05) is 0 Å². The summed E-state index contributed by atoms with van der Waals surface area (Å²) in [6.45, 7) is 5.04. The second kappa shape index (κ2) is 24.8. The smallest absolute Gasteiger partial charge is 0.322 e. The fourth-order valence-corrected chi connectivity index (χ4v) is 3.84. The first-order valence-corrected chi connectivity index (χ1v) is 13.4. The molecule has 0 spiro atoms. The topological polar surface area (TPSA) is 91.3 Å². The van der Waals surface area contributed by atoms with Gasteiger partial charge in [-0.25, -0.2) is 5.26 Å². The van der Waals surface area contributed by atoms with E-state index in [2.05, 4.69) is 23.2 Å². The van der Waals surface area contributed by atoms with E-state index >= 15 is 0 Å². The van der Waals surface area contributed by atoms with Crippen molar-refractivity contribution in [3.05, 3.63) is 0 Å². The average Bonchev–Trinajstić information content (AvgIpc) is 2.79. The van der Waals surface area contributed by atoms with Gasteiger partial charge in [0.15, 0.2) is 0 Å². The summed E-state index contributed by atoms with van der Waals surface area (Å²) in [5.41, 5.74) is 0. The lowest BCUT2D eigenvalue weighted by Gasteiger charge is -2.13. The molecular weight excluding hydrogens is 432 g/mol. The molecule has 190 valence electrons. The van der Waals surface area contributed by atoms with E-state index in [0.717, 1.165) is 38.5 Å². The van der Waals surface area contributed by atoms with E-state index in [4.69, 9.17) is 14.7 Å². The van der Waals surface area contributed by atoms with Crippen molar-refractivity contribution in [3.63, 3.8) is 0 Å². The highest BCUT2D eigenvalue weighted by atomic mass is 32.2. The van der Waals surface area contributed by atoms with Crippen molar-refractivity contribution in [1.82, 2.24) is 0 Å². The summed E-state index contributed by atoms with van der Waals surface area (Å²) >= 11 is 0.545. The van der Waals surface area contributed by atoms with Crippen molar-refractivity contribution >= 4 is 24.0 Å². The number of esters is 2. The lowest BCUT2D eigenvalue weighted by molar-refractivity contribution is -0.432. The normalized spacial score (nSPS) is 12.0. The maximum Gasteiger partial charge on any atom is 0.322 e. The van der Waals surface area contributed by atoms with Gasteiger partial charge in [0, 0.05) is 0 Å². The van der Waals surface area contributed by atoms with Gasteiger partial charge in [-0.05, 0) is 12.8 Å². The van der Waals surface area contributed by atoms with Gasteiger partial charge in [0.2, 0.25) is 0 Å². The zero-order valence-electron chi connectivity index (χ0n) is 20.3. The summed E-state index contributed by atoms with van der Waals surface area (Å²) in [7, 11) is 0. The molecule has 0 aromatic carbocycles. The van der Waals surface area contributed by atoms with Crippen molar-refractivity contribution in [3.8, 4) is 0 Å². The van der Waals surface area contributed by atoms with Gasteiger partial charge in [-0.3, -0.25) is 9.59 Å². The summed E-state index contributed by atoms with van der Waals surface area (Å²) in [5, 5.41) is 11.0. The van der Waals surface area contributed by atoms with Crippen LogP contribution in [0.25, 0.3) is 0 Å². The van der Waals surface area contributed by atoms with Gasteiger partial charge in [-0.15, -0.1) is 4.33 Å². The zero-order chi connectivity index (χ0) is 23.7. The molecule has 7 nitrogen and oxygen atoms in total. The van der Waals surface area contributed by atoms with E-state index in [0.29, 0.717) is 25.3 Å². The van der Waals surface area contributed by atoms with Crippen molar-refractivity contribution < 1.29 is 33.7 Å². The summed E-state index contributed by atoms with van der Waals surface area (Å²) < 4.78 is 14.8. The quantitative estimate of drug-likeness (QED) is 0.0512. The van der Waals surface area contributed by atoms with E-state index in [9.17, 15) is 9.59 Å². The number of rotatable bonds is 24. The Balaban J connectivity index is 3.86.